The first-order chi connectivity index (χ1) is 13.1. The molecule has 1 saturated heterocycles. The Morgan fingerprint density at radius 1 is 1.14 bits per heavy atom. The van der Waals surface area contributed by atoms with Gasteiger partial charge >= 0.3 is 0 Å². The van der Waals surface area contributed by atoms with Crippen molar-refractivity contribution in [2.24, 2.45) is 0 Å². The number of hydrogen-bond acceptors (Lipinski definition) is 6. The van der Waals surface area contributed by atoms with Gasteiger partial charge < -0.3 is 25.7 Å². The summed E-state index contributed by atoms with van der Waals surface area (Å²) in [6, 6.07) is 2.46. The normalized spacial score (nSPS) is 14.9. The fourth-order valence-corrected chi connectivity index (χ4v) is 3.36. The summed E-state index contributed by atoms with van der Waals surface area (Å²) >= 11 is 0. The van der Waals surface area contributed by atoms with E-state index in [0.29, 0.717) is 18.4 Å². The van der Waals surface area contributed by atoms with Gasteiger partial charge in [0.15, 0.2) is 5.84 Å². The molecule has 0 aliphatic carbocycles. The van der Waals surface area contributed by atoms with E-state index in [1.165, 1.54) is 11.0 Å². The molecule has 0 radical (unpaired) electrons. The SMILES string of the molecule is CC(C)NC(=O)C(=N)N(C(=N)c1cc(C(C)C)c(O)cc1O)C1CCNCC1. The van der Waals surface area contributed by atoms with Crippen molar-refractivity contribution in [2.45, 2.75) is 58.5 Å². The van der Waals surface area contributed by atoms with Gasteiger partial charge in [-0.2, -0.15) is 0 Å². The van der Waals surface area contributed by atoms with Gasteiger partial charge in [-0.25, -0.2) is 0 Å². The van der Waals surface area contributed by atoms with Gasteiger partial charge in [0.25, 0.3) is 5.91 Å². The van der Waals surface area contributed by atoms with Gasteiger partial charge in [-0.05, 0) is 57.3 Å². The minimum absolute atomic E-state index is 0.0110. The van der Waals surface area contributed by atoms with Crippen LogP contribution in [-0.4, -0.2) is 57.9 Å². The van der Waals surface area contributed by atoms with Crippen LogP contribution in [0.25, 0.3) is 0 Å². The Bertz CT molecular complexity index is 754. The zero-order chi connectivity index (χ0) is 21.0. The van der Waals surface area contributed by atoms with E-state index in [-0.39, 0.29) is 46.7 Å². The number of benzene rings is 1. The molecule has 1 amide bonds. The van der Waals surface area contributed by atoms with E-state index in [1.807, 2.05) is 27.7 Å². The van der Waals surface area contributed by atoms with Gasteiger partial charge in [-0.1, -0.05) is 13.8 Å². The molecule has 8 heteroatoms. The van der Waals surface area contributed by atoms with Crippen LogP contribution >= 0.6 is 0 Å². The van der Waals surface area contributed by atoms with Crippen LogP contribution < -0.4 is 10.6 Å². The molecule has 0 atom stereocenters. The van der Waals surface area contributed by atoms with E-state index < -0.39 is 5.91 Å². The average Bonchev–Trinajstić information content (AvgIpc) is 2.61. The molecule has 2 rings (SSSR count). The maximum Gasteiger partial charge on any atom is 0.286 e. The third-order valence-electron chi connectivity index (χ3n) is 4.81. The Morgan fingerprint density at radius 2 is 1.75 bits per heavy atom. The summed E-state index contributed by atoms with van der Waals surface area (Å²) in [7, 11) is 0. The molecule has 1 aromatic rings. The molecule has 0 spiro atoms. The molecule has 154 valence electrons. The molecule has 0 saturated carbocycles. The average molecular weight is 390 g/mol. The van der Waals surface area contributed by atoms with Gasteiger partial charge in [0.05, 0.1) is 5.56 Å². The highest BCUT2D eigenvalue weighted by Crippen LogP contribution is 2.33. The monoisotopic (exact) mass is 389 g/mol. The lowest BCUT2D eigenvalue weighted by atomic mass is 9.97. The van der Waals surface area contributed by atoms with Crippen LogP contribution in [0.3, 0.4) is 0 Å². The minimum atomic E-state index is -0.555. The molecule has 28 heavy (non-hydrogen) atoms. The van der Waals surface area contributed by atoms with Gasteiger partial charge in [0.2, 0.25) is 0 Å². The van der Waals surface area contributed by atoms with Gasteiger partial charge in [0, 0.05) is 18.2 Å². The van der Waals surface area contributed by atoms with E-state index in [0.717, 1.165) is 13.1 Å². The number of carbonyl (C=O) groups is 1. The molecule has 0 bridgehead atoms. The van der Waals surface area contributed by atoms with E-state index in [1.54, 1.807) is 6.07 Å². The Hall–Kier alpha value is -2.61. The fourth-order valence-electron chi connectivity index (χ4n) is 3.36. The molecule has 1 aliphatic heterocycles. The first kappa shape index (κ1) is 21.7. The standard InChI is InChI=1S/C20H31N5O3/c1-11(2)14-9-15(17(27)10-16(14)26)18(21)25(13-5-7-23-8-6-13)19(22)20(28)24-12(3)4/h9-13,21-23,26-27H,5-8H2,1-4H3,(H,24,28). The molecule has 1 fully saturated rings. The number of phenolic OH excluding ortho intramolecular Hbond substituents is 2. The van der Waals surface area contributed by atoms with Gasteiger partial charge in [-0.3, -0.25) is 15.6 Å². The predicted molar refractivity (Wildman–Crippen MR) is 109 cm³/mol. The first-order valence-electron chi connectivity index (χ1n) is 9.67. The largest absolute Gasteiger partial charge is 0.508 e. The summed E-state index contributed by atoms with van der Waals surface area (Å²) in [6.45, 7) is 8.89. The predicted octanol–water partition coefficient (Wildman–Crippen LogP) is 2.10. The Kier molecular flexibility index (Phi) is 7.01. The molecular weight excluding hydrogens is 358 g/mol. The zero-order valence-electron chi connectivity index (χ0n) is 17.0. The highest BCUT2D eigenvalue weighted by Gasteiger charge is 2.32. The minimum Gasteiger partial charge on any atom is -0.508 e. The van der Waals surface area contributed by atoms with Crippen molar-refractivity contribution in [3.05, 3.63) is 23.3 Å². The summed E-state index contributed by atoms with van der Waals surface area (Å²) in [4.78, 5) is 13.9. The Balaban J connectivity index is 2.45. The molecule has 1 heterocycles. The van der Waals surface area contributed by atoms with Crippen LogP contribution in [0.15, 0.2) is 12.1 Å². The maximum atomic E-state index is 12.5. The smallest absolute Gasteiger partial charge is 0.286 e. The fraction of sp³-hybridized carbons (Fsp3) is 0.550. The second kappa shape index (κ2) is 9.05. The lowest BCUT2D eigenvalue weighted by Crippen LogP contribution is -2.54. The number of aromatic hydroxyl groups is 2. The van der Waals surface area contributed by atoms with Crippen molar-refractivity contribution in [1.29, 1.82) is 10.8 Å². The molecule has 6 N–H and O–H groups in total. The summed E-state index contributed by atoms with van der Waals surface area (Å²) in [5, 5.41) is 43.6. The zero-order valence-corrected chi connectivity index (χ0v) is 17.0. The summed E-state index contributed by atoms with van der Waals surface area (Å²) in [6.07, 6.45) is 1.35. The third-order valence-corrected chi connectivity index (χ3v) is 4.81. The van der Waals surface area contributed by atoms with Crippen LogP contribution in [0.1, 0.15) is 57.6 Å². The van der Waals surface area contributed by atoms with E-state index in [2.05, 4.69) is 10.6 Å². The number of nitrogens with zero attached hydrogens (tertiary/aromatic N) is 1. The Morgan fingerprint density at radius 3 is 2.29 bits per heavy atom. The Labute approximate surface area is 166 Å². The van der Waals surface area contributed by atoms with E-state index in [9.17, 15) is 15.0 Å². The number of piperidine rings is 1. The lowest BCUT2D eigenvalue weighted by Gasteiger charge is -2.36. The number of rotatable bonds is 4. The molecule has 1 aliphatic rings. The van der Waals surface area contributed by atoms with Crippen molar-refractivity contribution in [3.8, 4) is 11.5 Å². The molecule has 0 aromatic heterocycles. The highest BCUT2D eigenvalue weighted by molar-refractivity contribution is 6.40. The van der Waals surface area contributed by atoms with Crippen molar-refractivity contribution in [3.63, 3.8) is 0 Å². The second-order valence-electron chi connectivity index (χ2n) is 7.76. The quantitative estimate of drug-likeness (QED) is 0.347. The van der Waals surface area contributed by atoms with Crippen LogP contribution in [0.5, 0.6) is 11.5 Å². The topological polar surface area (TPSA) is 133 Å². The maximum absolute atomic E-state index is 12.5. The van der Waals surface area contributed by atoms with Crippen LogP contribution in [0, 0.1) is 10.8 Å². The van der Waals surface area contributed by atoms with Crippen molar-refractivity contribution in [2.75, 3.05) is 13.1 Å². The third kappa shape index (κ3) is 4.81. The van der Waals surface area contributed by atoms with Gasteiger partial charge in [0.1, 0.15) is 17.3 Å². The second-order valence-corrected chi connectivity index (χ2v) is 7.76. The number of amides is 1. The summed E-state index contributed by atoms with van der Waals surface area (Å²) in [5.74, 6) is -1.28. The van der Waals surface area contributed by atoms with Crippen LogP contribution in [-0.2, 0) is 4.79 Å². The number of amidine groups is 2. The molecular formula is C20H31N5O3. The lowest BCUT2D eigenvalue weighted by molar-refractivity contribution is -0.116. The van der Waals surface area contributed by atoms with Crippen molar-refractivity contribution < 1.29 is 15.0 Å². The van der Waals surface area contributed by atoms with Crippen molar-refractivity contribution >= 4 is 17.6 Å². The van der Waals surface area contributed by atoms with Crippen LogP contribution in [0.4, 0.5) is 0 Å². The van der Waals surface area contributed by atoms with Crippen LogP contribution in [0.2, 0.25) is 0 Å². The number of hydrogen-bond donors (Lipinski definition) is 6. The highest BCUT2D eigenvalue weighted by atomic mass is 16.3. The number of nitrogens with one attached hydrogen (secondary N) is 4. The number of carbonyl (C=O) groups excluding carboxylic acids is 1. The molecule has 1 aromatic carbocycles. The van der Waals surface area contributed by atoms with E-state index in [4.69, 9.17) is 10.8 Å². The van der Waals surface area contributed by atoms with Crippen molar-refractivity contribution in [1.82, 2.24) is 15.5 Å². The summed E-state index contributed by atoms with van der Waals surface area (Å²) in [5.41, 5.74) is 0.795. The van der Waals surface area contributed by atoms with E-state index >= 15 is 0 Å². The van der Waals surface area contributed by atoms with Gasteiger partial charge in [-0.15, -0.1) is 0 Å². The first-order valence-corrected chi connectivity index (χ1v) is 9.67. The molecule has 0 unspecified atom stereocenters. The molecule has 8 nitrogen and oxygen atoms in total. The summed E-state index contributed by atoms with van der Waals surface area (Å²) < 4.78 is 0. The number of phenols is 2.